The maximum absolute atomic E-state index is 15.0. The van der Waals surface area contributed by atoms with Gasteiger partial charge in [0, 0.05) is 18.1 Å². The van der Waals surface area contributed by atoms with E-state index in [2.05, 4.69) is 5.32 Å². The quantitative estimate of drug-likeness (QED) is 0.318. The molecule has 10 heteroatoms. The number of rotatable bonds is 12. The summed E-state index contributed by atoms with van der Waals surface area (Å²) >= 11 is 6.38. The molecule has 39 heavy (non-hydrogen) atoms. The summed E-state index contributed by atoms with van der Waals surface area (Å²) < 4.78 is 43.3. The van der Waals surface area contributed by atoms with Crippen molar-refractivity contribution in [3.63, 3.8) is 0 Å². The second kappa shape index (κ2) is 13.6. The van der Waals surface area contributed by atoms with Gasteiger partial charge in [0.2, 0.25) is 11.8 Å². The van der Waals surface area contributed by atoms with Crippen LogP contribution in [-0.4, -0.2) is 44.3 Å². The lowest BCUT2D eigenvalue weighted by atomic mass is 10.1. The third-order valence-corrected chi connectivity index (χ3v) is 8.39. The molecule has 0 aliphatic rings. The van der Waals surface area contributed by atoms with Crippen molar-refractivity contribution >= 4 is 39.1 Å². The van der Waals surface area contributed by atoms with Crippen molar-refractivity contribution in [3.8, 4) is 0 Å². The zero-order valence-electron chi connectivity index (χ0n) is 22.2. The van der Waals surface area contributed by atoms with Gasteiger partial charge in [0.1, 0.15) is 18.4 Å². The smallest absolute Gasteiger partial charge is 0.264 e. The Kier molecular flexibility index (Phi) is 10.5. The summed E-state index contributed by atoms with van der Waals surface area (Å²) in [4.78, 5) is 28.2. The van der Waals surface area contributed by atoms with Crippen molar-refractivity contribution < 1.29 is 22.4 Å². The number of hydrogen-bond donors (Lipinski definition) is 1. The van der Waals surface area contributed by atoms with E-state index in [9.17, 15) is 22.4 Å². The second-order valence-electron chi connectivity index (χ2n) is 9.10. The summed E-state index contributed by atoms with van der Waals surface area (Å²) in [5.74, 6) is -1.84. The minimum absolute atomic E-state index is 0.0355. The van der Waals surface area contributed by atoms with Gasteiger partial charge in [0.25, 0.3) is 10.0 Å². The third-order valence-electron chi connectivity index (χ3n) is 6.24. The number of amides is 2. The fourth-order valence-electron chi connectivity index (χ4n) is 4.10. The van der Waals surface area contributed by atoms with E-state index in [0.717, 1.165) is 15.9 Å². The molecule has 0 heterocycles. The average Bonchev–Trinajstić information content (AvgIpc) is 2.92. The molecule has 0 saturated carbocycles. The Balaban J connectivity index is 2.07. The van der Waals surface area contributed by atoms with Gasteiger partial charge in [-0.15, -0.1) is 0 Å². The highest BCUT2D eigenvalue weighted by molar-refractivity contribution is 7.92. The summed E-state index contributed by atoms with van der Waals surface area (Å²) in [6, 6.07) is 17.5. The van der Waals surface area contributed by atoms with Crippen LogP contribution in [0.1, 0.15) is 37.8 Å². The summed E-state index contributed by atoms with van der Waals surface area (Å²) in [5.41, 5.74) is 1.16. The van der Waals surface area contributed by atoms with Gasteiger partial charge in [-0.1, -0.05) is 73.5 Å². The fourth-order valence-corrected chi connectivity index (χ4v) is 5.72. The molecule has 1 atom stereocenters. The highest BCUT2D eigenvalue weighted by atomic mass is 35.5. The van der Waals surface area contributed by atoms with Gasteiger partial charge in [-0.2, -0.15) is 0 Å². The number of benzene rings is 3. The van der Waals surface area contributed by atoms with Crippen LogP contribution < -0.4 is 9.62 Å². The lowest BCUT2D eigenvalue weighted by Crippen LogP contribution is -2.52. The van der Waals surface area contributed by atoms with Crippen LogP contribution >= 0.6 is 11.6 Å². The Morgan fingerprint density at radius 2 is 1.62 bits per heavy atom. The van der Waals surface area contributed by atoms with Gasteiger partial charge >= 0.3 is 0 Å². The molecule has 7 nitrogen and oxygen atoms in total. The molecule has 0 unspecified atom stereocenters. The predicted molar refractivity (Wildman–Crippen MR) is 151 cm³/mol. The molecule has 0 aliphatic carbocycles. The Hall–Kier alpha value is -3.43. The summed E-state index contributed by atoms with van der Waals surface area (Å²) in [7, 11) is -4.35. The highest BCUT2D eigenvalue weighted by Gasteiger charge is 2.34. The van der Waals surface area contributed by atoms with E-state index >= 15 is 0 Å². The molecule has 1 N–H and O–H groups in total. The molecule has 0 aliphatic heterocycles. The van der Waals surface area contributed by atoms with Crippen LogP contribution in [0.3, 0.4) is 0 Å². The lowest BCUT2D eigenvalue weighted by Gasteiger charge is -2.33. The van der Waals surface area contributed by atoms with Gasteiger partial charge in [-0.25, -0.2) is 12.8 Å². The highest BCUT2D eigenvalue weighted by Crippen LogP contribution is 2.28. The second-order valence-corrected chi connectivity index (χ2v) is 11.4. The van der Waals surface area contributed by atoms with Crippen LogP contribution in [-0.2, 0) is 26.2 Å². The molecule has 0 bridgehead atoms. The minimum Gasteiger partial charge on any atom is -0.354 e. The average molecular weight is 574 g/mol. The number of hydrogen-bond acceptors (Lipinski definition) is 4. The molecule has 208 valence electrons. The topological polar surface area (TPSA) is 86.8 Å². The number of nitrogens with zero attached hydrogens (tertiary/aromatic N) is 2. The van der Waals surface area contributed by atoms with Crippen LogP contribution in [0.15, 0.2) is 77.7 Å². The SMILES string of the molecule is CCCNC(=O)[C@H](CC)N(Cc1ccccc1Cl)C(=O)CN(c1ccccc1F)S(=O)(=O)c1ccc(C)cc1. The first kappa shape index (κ1) is 30.1. The van der Waals surface area contributed by atoms with E-state index in [4.69, 9.17) is 11.6 Å². The largest absolute Gasteiger partial charge is 0.354 e. The lowest BCUT2D eigenvalue weighted by molar-refractivity contribution is -0.140. The number of halogens is 2. The number of sulfonamides is 1. The van der Waals surface area contributed by atoms with Crippen molar-refractivity contribution in [2.45, 2.75) is 51.1 Å². The van der Waals surface area contributed by atoms with Crippen molar-refractivity contribution in [1.29, 1.82) is 0 Å². The van der Waals surface area contributed by atoms with E-state index in [1.165, 1.54) is 35.2 Å². The number of anilines is 1. The maximum atomic E-state index is 15.0. The normalized spacial score (nSPS) is 12.0. The molecule has 3 aromatic rings. The van der Waals surface area contributed by atoms with Crippen LogP contribution in [0.5, 0.6) is 0 Å². The van der Waals surface area contributed by atoms with E-state index in [1.807, 2.05) is 13.8 Å². The molecule has 2 amide bonds. The number of carbonyl (C=O) groups is 2. The fraction of sp³-hybridized carbons (Fsp3) is 0.310. The number of nitrogens with one attached hydrogen (secondary N) is 1. The zero-order chi connectivity index (χ0) is 28.6. The van der Waals surface area contributed by atoms with Gasteiger partial charge < -0.3 is 10.2 Å². The zero-order valence-corrected chi connectivity index (χ0v) is 23.8. The number of aryl methyl sites for hydroxylation is 1. The Labute approximate surface area is 234 Å². The molecule has 3 rings (SSSR count). The Morgan fingerprint density at radius 3 is 2.23 bits per heavy atom. The van der Waals surface area contributed by atoms with Crippen molar-refractivity contribution in [2.24, 2.45) is 0 Å². The van der Waals surface area contributed by atoms with E-state index in [0.29, 0.717) is 23.6 Å². The molecular weight excluding hydrogens is 541 g/mol. The van der Waals surface area contributed by atoms with Crippen molar-refractivity contribution in [2.75, 3.05) is 17.4 Å². The number of para-hydroxylation sites is 1. The van der Waals surface area contributed by atoms with Crippen LogP contribution in [0.25, 0.3) is 0 Å². The molecule has 3 aromatic carbocycles. The Morgan fingerprint density at radius 1 is 0.974 bits per heavy atom. The van der Waals surface area contributed by atoms with Crippen molar-refractivity contribution in [3.05, 3.63) is 94.8 Å². The molecule has 0 radical (unpaired) electrons. The summed E-state index contributed by atoms with van der Waals surface area (Å²) in [5, 5.41) is 3.22. The maximum Gasteiger partial charge on any atom is 0.264 e. The van der Waals surface area contributed by atoms with E-state index in [-0.39, 0.29) is 29.5 Å². The molecule has 0 aromatic heterocycles. The van der Waals surface area contributed by atoms with E-state index < -0.39 is 34.3 Å². The first-order chi connectivity index (χ1) is 18.6. The van der Waals surface area contributed by atoms with Gasteiger partial charge in [0.05, 0.1) is 10.6 Å². The van der Waals surface area contributed by atoms with Crippen LogP contribution in [0.2, 0.25) is 5.02 Å². The predicted octanol–water partition coefficient (Wildman–Crippen LogP) is 5.32. The summed E-state index contributed by atoms with van der Waals surface area (Å²) in [6.07, 6.45) is 0.979. The van der Waals surface area contributed by atoms with Gasteiger partial charge in [-0.3, -0.25) is 13.9 Å². The first-order valence-corrected chi connectivity index (χ1v) is 14.6. The third kappa shape index (κ3) is 7.36. The van der Waals surface area contributed by atoms with Crippen molar-refractivity contribution in [1.82, 2.24) is 10.2 Å². The monoisotopic (exact) mass is 573 g/mol. The first-order valence-electron chi connectivity index (χ1n) is 12.7. The minimum atomic E-state index is -4.35. The van der Waals surface area contributed by atoms with Crippen LogP contribution in [0.4, 0.5) is 10.1 Å². The van der Waals surface area contributed by atoms with Crippen LogP contribution in [0, 0.1) is 12.7 Å². The van der Waals surface area contributed by atoms with Gasteiger partial charge in [-0.05, 0) is 55.7 Å². The molecular formula is C29H33ClFN3O4S. The standard InChI is InChI=1S/C29H33ClFN3O4S/c1-4-18-32-29(36)26(5-2)33(19-22-10-6-7-11-24(22)30)28(35)20-34(27-13-9-8-12-25(27)31)39(37,38)23-16-14-21(3)15-17-23/h6-17,26H,4-5,18-20H2,1-3H3,(H,32,36)/t26-/m0/s1. The Bertz CT molecular complexity index is 1400. The number of carbonyl (C=O) groups excluding carboxylic acids is 2. The van der Waals surface area contributed by atoms with E-state index in [1.54, 1.807) is 43.3 Å². The summed E-state index contributed by atoms with van der Waals surface area (Å²) in [6.45, 7) is 5.16. The molecule has 0 fully saturated rings. The molecule has 0 saturated heterocycles. The molecule has 0 spiro atoms. The van der Waals surface area contributed by atoms with Gasteiger partial charge in [0.15, 0.2) is 0 Å².